The van der Waals surface area contributed by atoms with Gasteiger partial charge in [-0.2, -0.15) is 0 Å². The van der Waals surface area contributed by atoms with E-state index >= 15 is 0 Å². The quantitative estimate of drug-likeness (QED) is 0.191. The first-order chi connectivity index (χ1) is 15.8. The fourth-order valence-corrected chi connectivity index (χ4v) is 4.51. The molecular weight excluding hydrogens is 458 g/mol. The highest BCUT2D eigenvalue weighted by molar-refractivity contribution is 5.95. The lowest BCUT2D eigenvalue weighted by Crippen LogP contribution is -2.53. The zero-order valence-corrected chi connectivity index (χ0v) is 20.0. The molecule has 2 unspecified atom stereocenters. The number of rotatable bonds is 10. The highest BCUT2D eigenvalue weighted by atomic mass is 35.5. The Morgan fingerprint density at radius 3 is 2.44 bits per heavy atom. The summed E-state index contributed by atoms with van der Waals surface area (Å²) in [5.74, 6) is -1.17. The number of benzene rings is 1. The SMILES string of the molecule is Cl.N=C(N)c1ccc(CNC(=O)C2C=CCN2C(=O)C(CC2CCCCC2)NCC(=O)O)cc1. The van der Waals surface area contributed by atoms with Crippen LogP contribution in [0.15, 0.2) is 36.4 Å². The predicted molar refractivity (Wildman–Crippen MR) is 132 cm³/mol. The molecule has 1 aliphatic carbocycles. The number of carbonyl (C=O) groups excluding carboxylic acids is 2. The molecule has 0 saturated heterocycles. The van der Waals surface area contributed by atoms with Crippen molar-refractivity contribution in [3.05, 3.63) is 47.5 Å². The van der Waals surface area contributed by atoms with Crippen molar-refractivity contribution in [1.29, 1.82) is 5.41 Å². The van der Waals surface area contributed by atoms with Gasteiger partial charge >= 0.3 is 5.97 Å². The first-order valence-corrected chi connectivity index (χ1v) is 11.5. The van der Waals surface area contributed by atoms with Gasteiger partial charge in [0.1, 0.15) is 11.9 Å². The summed E-state index contributed by atoms with van der Waals surface area (Å²) in [5, 5.41) is 22.3. The molecule has 1 fully saturated rings. The summed E-state index contributed by atoms with van der Waals surface area (Å²) in [7, 11) is 0. The number of aliphatic carboxylic acids is 1. The Hall–Kier alpha value is -2.91. The number of carboxylic acid groups (broad SMARTS) is 1. The number of nitrogens with zero attached hydrogens (tertiary/aromatic N) is 1. The van der Waals surface area contributed by atoms with Crippen molar-refractivity contribution < 1.29 is 19.5 Å². The van der Waals surface area contributed by atoms with Crippen molar-refractivity contribution in [3.8, 4) is 0 Å². The van der Waals surface area contributed by atoms with Crippen LogP contribution in [-0.4, -0.2) is 58.8 Å². The first-order valence-electron chi connectivity index (χ1n) is 11.5. The Kier molecular flexibility index (Phi) is 10.5. The van der Waals surface area contributed by atoms with Crippen LogP contribution in [0.25, 0.3) is 0 Å². The number of carboxylic acids is 1. The number of carbonyl (C=O) groups is 3. The number of halogens is 1. The molecule has 2 amide bonds. The molecule has 1 aromatic rings. The topological polar surface area (TPSA) is 149 Å². The summed E-state index contributed by atoms with van der Waals surface area (Å²) in [6.07, 6.45) is 9.64. The average molecular weight is 492 g/mol. The molecule has 3 rings (SSSR count). The summed E-state index contributed by atoms with van der Waals surface area (Å²) < 4.78 is 0. The van der Waals surface area contributed by atoms with Crippen LogP contribution in [0.3, 0.4) is 0 Å². The van der Waals surface area contributed by atoms with Crippen LogP contribution < -0.4 is 16.4 Å². The number of nitrogen functional groups attached to an aromatic ring is 1. The maximum Gasteiger partial charge on any atom is 0.317 e. The largest absolute Gasteiger partial charge is 0.480 e. The number of hydrogen-bond donors (Lipinski definition) is 5. The van der Waals surface area contributed by atoms with E-state index in [4.69, 9.17) is 16.2 Å². The lowest BCUT2D eigenvalue weighted by molar-refractivity contribution is -0.140. The molecule has 0 aromatic heterocycles. The highest BCUT2D eigenvalue weighted by Crippen LogP contribution is 2.28. The molecule has 1 aliphatic heterocycles. The van der Waals surface area contributed by atoms with E-state index in [1.807, 2.05) is 0 Å². The van der Waals surface area contributed by atoms with Gasteiger partial charge in [0.15, 0.2) is 0 Å². The number of amides is 2. The lowest BCUT2D eigenvalue weighted by atomic mass is 9.84. The average Bonchev–Trinajstić information content (AvgIpc) is 3.30. The zero-order valence-electron chi connectivity index (χ0n) is 19.2. The Balaban J connectivity index is 0.00000408. The van der Waals surface area contributed by atoms with Crippen molar-refractivity contribution >= 4 is 36.0 Å². The normalized spacial score (nSPS) is 18.7. The standard InChI is InChI=1S/C24H33N5O4.ClH/c25-22(26)18-10-8-17(9-11-18)14-28-23(32)20-7-4-12-29(20)24(33)19(27-15-21(30)31)13-16-5-2-1-3-6-16;/h4,7-11,16,19-20,27H,1-3,5-6,12-15H2,(H3,25,26)(H,28,32)(H,30,31);1H. The van der Waals surface area contributed by atoms with E-state index in [1.54, 1.807) is 36.4 Å². The summed E-state index contributed by atoms with van der Waals surface area (Å²) in [5.41, 5.74) is 6.93. The third kappa shape index (κ3) is 7.56. The second kappa shape index (κ2) is 13.1. The van der Waals surface area contributed by atoms with E-state index in [2.05, 4.69) is 10.6 Å². The van der Waals surface area contributed by atoms with E-state index in [9.17, 15) is 14.4 Å². The summed E-state index contributed by atoms with van der Waals surface area (Å²) in [6.45, 7) is 0.309. The van der Waals surface area contributed by atoms with Gasteiger partial charge in [0.2, 0.25) is 11.8 Å². The smallest absolute Gasteiger partial charge is 0.317 e. The van der Waals surface area contributed by atoms with Gasteiger partial charge in [0.05, 0.1) is 12.6 Å². The Bertz CT molecular complexity index is 899. The summed E-state index contributed by atoms with van der Waals surface area (Å²) in [4.78, 5) is 38.8. The van der Waals surface area contributed by atoms with Gasteiger partial charge in [-0.1, -0.05) is 68.5 Å². The molecule has 186 valence electrons. The molecule has 1 aromatic carbocycles. The fraction of sp³-hybridized carbons (Fsp3) is 0.500. The molecule has 0 spiro atoms. The van der Waals surface area contributed by atoms with E-state index in [0.29, 0.717) is 24.4 Å². The minimum Gasteiger partial charge on any atom is -0.480 e. The lowest BCUT2D eigenvalue weighted by Gasteiger charge is -2.31. The van der Waals surface area contributed by atoms with E-state index < -0.39 is 18.1 Å². The minimum atomic E-state index is -1.01. The molecular formula is C24H34ClN5O4. The highest BCUT2D eigenvalue weighted by Gasteiger charge is 2.35. The number of nitrogens with one attached hydrogen (secondary N) is 3. The fourth-order valence-electron chi connectivity index (χ4n) is 4.51. The van der Waals surface area contributed by atoms with Crippen LogP contribution in [0.4, 0.5) is 0 Å². The monoisotopic (exact) mass is 491 g/mol. The van der Waals surface area contributed by atoms with Crippen LogP contribution in [0, 0.1) is 11.3 Å². The summed E-state index contributed by atoms with van der Waals surface area (Å²) in [6, 6.07) is 5.67. The molecule has 10 heteroatoms. The van der Waals surface area contributed by atoms with E-state index in [0.717, 1.165) is 31.2 Å². The van der Waals surface area contributed by atoms with Crippen molar-refractivity contribution in [2.75, 3.05) is 13.1 Å². The Labute approximate surface area is 206 Å². The van der Waals surface area contributed by atoms with Crippen LogP contribution in [-0.2, 0) is 20.9 Å². The van der Waals surface area contributed by atoms with Crippen molar-refractivity contribution in [1.82, 2.24) is 15.5 Å². The van der Waals surface area contributed by atoms with Gasteiger partial charge < -0.3 is 21.1 Å². The van der Waals surface area contributed by atoms with E-state index in [-0.39, 0.29) is 43.1 Å². The second-order valence-corrected chi connectivity index (χ2v) is 8.76. The molecule has 2 atom stereocenters. The number of hydrogen-bond acceptors (Lipinski definition) is 5. The van der Waals surface area contributed by atoms with Gasteiger partial charge in [-0.3, -0.25) is 25.1 Å². The van der Waals surface area contributed by atoms with Crippen LogP contribution in [0.1, 0.15) is 49.7 Å². The Morgan fingerprint density at radius 2 is 1.82 bits per heavy atom. The molecule has 1 saturated carbocycles. The van der Waals surface area contributed by atoms with Crippen LogP contribution >= 0.6 is 12.4 Å². The van der Waals surface area contributed by atoms with Crippen molar-refractivity contribution in [2.24, 2.45) is 11.7 Å². The summed E-state index contributed by atoms with van der Waals surface area (Å²) >= 11 is 0. The minimum absolute atomic E-state index is 0. The first kappa shape index (κ1) is 27.3. The van der Waals surface area contributed by atoms with Gasteiger partial charge in [-0.25, -0.2) is 0 Å². The number of amidine groups is 1. The zero-order chi connectivity index (χ0) is 23.8. The number of nitrogens with two attached hydrogens (primary N) is 1. The van der Waals surface area contributed by atoms with Crippen molar-refractivity contribution in [2.45, 2.75) is 57.2 Å². The maximum absolute atomic E-state index is 13.3. The third-order valence-corrected chi connectivity index (χ3v) is 6.33. The molecule has 1 heterocycles. The van der Waals surface area contributed by atoms with Crippen molar-refractivity contribution in [3.63, 3.8) is 0 Å². The molecule has 0 radical (unpaired) electrons. The molecule has 9 nitrogen and oxygen atoms in total. The molecule has 0 bridgehead atoms. The third-order valence-electron chi connectivity index (χ3n) is 6.33. The molecule has 34 heavy (non-hydrogen) atoms. The molecule has 2 aliphatic rings. The van der Waals surface area contributed by atoms with Gasteiger partial charge in [-0.15, -0.1) is 12.4 Å². The second-order valence-electron chi connectivity index (χ2n) is 8.76. The maximum atomic E-state index is 13.3. The van der Waals surface area contributed by atoms with E-state index in [1.165, 1.54) is 11.3 Å². The molecule has 6 N–H and O–H groups in total. The van der Waals surface area contributed by atoms with Gasteiger partial charge in [-0.05, 0) is 17.9 Å². The van der Waals surface area contributed by atoms with Crippen LogP contribution in [0.5, 0.6) is 0 Å². The predicted octanol–water partition coefficient (Wildman–Crippen LogP) is 1.79. The van der Waals surface area contributed by atoms with Crippen LogP contribution in [0.2, 0.25) is 0 Å². The Morgan fingerprint density at radius 1 is 1.15 bits per heavy atom. The van der Waals surface area contributed by atoms with Gasteiger partial charge in [0, 0.05) is 18.7 Å². The van der Waals surface area contributed by atoms with Gasteiger partial charge in [0.25, 0.3) is 0 Å².